The van der Waals surface area contributed by atoms with Crippen LogP contribution in [0.5, 0.6) is 0 Å². The lowest BCUT2D eigenvalue weighted by molar-refractivity contribution is -0.384. The number of nitro groups is 1. The van der Waals surface area contributed by atoms with Crippen molar-refractivity contribution < 1.29 is 14.5 Å². The number of carbonyl (C=O) groups excluding carboxylic acids is 2. The van der Waals surface area contributed by atoms with Crippen LogP contribution in [-0.4, -0.2) is 39.0 Å². The fourth-order valence-electron chi connectivity index (χ4n) is 3.89. The van der Waals surface area contributed by atoms with E-state index in [1.54, 1.807) is 35.2 Å². The van der Waals surface area contributed by atoms with Crippen molar-refractivity contribution in [1.82, 2.24) is 10.2 Å². The predicted octanol–water partition coefficient (Wildman–Crippen LogP) is 6.69. The largest absolute Gasteiger partial charge is 0.350 e. The second-order valence-corrected chi connectivity index (χ2v) is 11.9. The molecule has 0 saturated heterocycles. The minimum Gasteiger partial charge on any atom is -0.350 e. The van der Waals surface area contributed by atoms with Crippen LogP contribution in [0.15, 0.2) is 72.8 Å². The van der Waals surface area contributed by atoms with E-state index in [1.807, 2.05) is 51.1 Å². The maximum absolute atomic E-state index is 13.7. The van der Waals surface area contributed by atoms with Crippen molar-refractivity contribution in [1.29, 1.82) is 0 Å². The Labute approximate surface area is 243 Å². The highest BCUT2D eigenvalue weighted by Gasteiger charge is 2.32. The number of nitro benzene ring substituents is 1. The second-order valence-electron chi connectivity index (χ2n) is 10.1. The van der Waals surface area contributed by atoms with Gasteiger partial charge in [-0.2, -0.15) is 0 Å². The number of nitrogens with zero attached hydrogens (tertiary/aromatic N) is 2. The number of rotatable bonds is 11. The molecule has 0 aliphatic carbocycles. The van der Waals surface area contributed by atoms with Crippen molar-refractivity contribution in [3.8, 4) is 0 Å². The molecule has 0 aromatic heterocycles. The van der Waals surface area contributed by atoms with Gasteiger partial charge in [-0.25, -0.2) is 0 Å². The lowest BCUT2D eigenvalue weighted by Gasteiger charge is -2.34. The Balaban J connectivity index is 1.87. The van der Waals surface area contributed by atoms with Gasteiger partial charge in [0.2, 0.25) is 11.8 Å². The number of thioether (sulfide) groups is 1. The molecule has 3 aromatic rings. The maximum atomic E-state index is 13.7. The molecule has 0 spiro atoms. The Hall–Kier alpha value is -3.07. The van der Waals surface area contributed by atoms with Gasteiger partial charge in [0, 0.05) is 46.4 Å². The summed E-state index contributed by atoms with van der Waals surface area (Å²) >= 11 is 13.9. The van der Waals surface area contributed by atoms with Gasteiger partial charge < -0.3 is 10.2 Å². The van der Waals surface area contributed by atoms with E-state index in [9.17, 15) is 19.7 Å². The van der Waals surface area contributed by atoms with E-state index in [-0.39, 0.29) is 29.8 Å². The van der Waals surface area contributed by atoms with Crippen LogP contribution in [0.3, 0.4) is 0 Å². The minimum absolute atomic E-state index is 0.0134. The van der Waals surface area contributed by atoms with Gasteiger partial charge in [-0.1, -0.05) is 71.7 Å². The first-order chi connectivity index (χ1) is 18.4. The zero-order valence-corrected chi connectivity index (χ0v) is 24.4. The van der Waals surface area contributed by atoms with Crippen LogP contribution in [0.25, 0.3) is 0 Å². The molecule has 0 aliphatic rings. The van der Waals surface area contributed by atoms with E-state index in [1.165, 1.54) is 23.9 Å². The molecule has 0 saturated carbocycles. The Morgan fingerprint density at radius 2 is 1.67 bits per heavy atom. The van der Waals surface area contributed by atoms with Gasteiger partial charge in [-0.05, 0) is 49.6 Å². The first-order valence-corrected chi connectivity index (χ1v) is 14.2. The number of hydrogen-bond donors (Lipinski definition) is 1. The third-order valence-corrected chi connectivity index (χ3v) is 7.34. The van der Waals surface area contributed by atoms with Gasteiger partial charge in [0.15, 0.2) is 0 Å². The molecule has 39 heavy (non-hydrogen) atoms. The number of benzene rings is 3. The van der Waals surface area contributed by atoms with Gasteiger partial charge in [0.25, 0.3) is 5.69 Å². The van der Waals surface area contributed by atoms with Crippen molar-refractivity contribution in [2.75, 3.05) is 5.75 Å². The second kappa shape index (κ2) is 13.8. The monoisotopic (exact) mass is 587 g/mol. The first-order valence-electron chi connectivity index (χ1n) is 12.3. The fraction of sp³-hybridized carbons (Fsp3) is 0.310. The highest BCUT2D eigenvalue weighted by molar-refractivity contribution is 7.99. The average molecular weight is 589 g/mol. The molecule has 1 atom stereocenters. The van der Waals surface area contributed by atoms with Gasteiger partial charge in [-0.3, -0.25) is 19.7 Å². The van der Waals surface area contributed by atoms with Gasteiger partial charge >= 0.3 is 0 Å². The van der Waals surface area contributed by atoms with Crippen molar-refractivity contribution in [2.45, 2.75) is 51.1 Å². The lowest BCUT2D eigenvalue weighted by atomic mass is 10.0. The fourth-order valence-corrected chi connectivity index (χ4v) is 5.23. The van der Waals surface area contributed by atoms with Crippen LogP contribution in [0, 0.1) is 10.1 Å². The van der Waals surface area contributed by atoms with E-state index in [0.717, 1.165) is 11.1 Å². The van der Waals surface area contributed by atoms with Gasteiger partial charge in [0.05, 0.1) is 10.7 Å². The predicted molar refractivity (Wildman–Crippen MR) is 158 cm³/mol. The van der Waals surface area contributed by atoms with E-state index < -0.39 is 16.5 Å². The van der Waals surface area contributed by atoms with Crippen LogP contribution in [0.4, 0.5) is 5.69 Å². The van der Waals surface area contributed by atoms with Crippen LogP contribution >= 0.6 is 35.0 Å². The summed E-state index contributed by atoms with van der Waals surface area (Å²) < 4.78 is 0. The van der Waals surface area contributed by atoms with E-state index in [0.29, 0.717) is 27.8 Å². The summed E-state index contributed by atoms with van der Waals surface area (Å²) in [5.74, 6) is 0.107. The summed E-state index contributed by atoms with van der Waals surface area (Å²) in [6.45, 7) is 5.81. The van der Waals surface area contributed by atoms with Crippen LogP contribution < -0.4 is 5.32 Å². The topological polar surface area (TPSA) is 92.6 Å². The molecule has 10 heteroatoms. The summed E-state index contributed by atoms with van der Waals surface area (Å²) in [5.41, 5.74) is 1.97. The number of non-ortho nitro benzene ring substituents is 1. The van der Waals surface area contributed by atoms with Crippen LogP contribution in [0.2, 0.25) is 10.0 Å². The van der Waals surface area contributed by atoms with Crippen LogP contribution in [-0.2, 0) is 28.3 Å². The smallest absolute Gasteiger partial charge is 0.269 e. The number of nitrogens with one attached hydrogen (secondary N) is 1. The molecule has 0 aliphatic heterocycles. The Morgan fingerprint density at radius 1 is 1.00 bits per heavy atom. The van der Waals surface area contributed by atoms with Crippen molar-refractivity contribution in [3.63, 3.8) is 0 Å². The molecule has 0 unspecified atom stereocenters. The zero-order chi connectivity index (χ0) is 28.6. The van der Waals surface area contributed by atoms with E-state index in [2.05, 4.69) is 5.32 Å². The van der Waals surface area contributed by atoms with Crippen LogP contribution in [0.1, 0.15) is 37.5 Å². The SMILES string of the molecule is CC(C)(C)NC(=O)[C@H](Cc1ccccc1)N(Cc1ccc(Cl)cc1Cl)C(=O)CSCc1ccc([N+](=O)[O-])cc1. The molecule has 206 valence electrons. The zero-order valence-electron chi connectivity index (χ0n) is 22.0. The molecule has 3 aromatic carbocycles. The minimum atomic E-state index is -0.786. The summed E-state index contributed by atoms with van der Waals surface area (Å²) in [6.07, 6.45) is 0.326. The lowest BCUT2D eigenvalue weighted by Crippen LogP contribution is -2.54. The van der Waals surface area contributed by atoms with Gasteiger partial charge in [-0.15, -0.1) is 11.8 Å². The molecule has 0 bridgehead atoms. The summed E-state index contributed by atoms with van der Waals surface area (Å²) in [4.78, 5) is 39.4. The summed E-state index contributed by atoms with van der Waals surface area (Å²) in [5, 5.41) is 14.8. The van der Waals surface area contributed by atoms with Gasteiger partial charge in [0.1, 0.15) is 6.04 Å². The first kappa shape index (κ1) is 30.5. The molecule has 3 rings (SSSR count). The molecular weight excluding hydrogens is 557 g/mol. The molecule has 0 fully saturated rings. The van der Waals surface area contributed by atoms with Crippen molar-refractivity contribution in [2.24, 2.45) is 0 Å². The third-order valence-electron chi connectivity index (χ3n) is 5.77. The van der Waals surface area contributed by atoms with Crippen molar-refractivity contribution >= 4 is 52.5 Å². The third kappa shape index (κ3) is 9.56. The molecular formula is C29H31Cl2N3O4S. The Kier molecular flexibility index (Phi) is 10.8. The molecule has 0 radical (unpaired) electrons. The standard InChI is InChI=1S/C29H31Cl2N3O4S/c1-29(2,3)32-28(36)26(15-20-7-5-4-6-8-20)33(17-22-11-12-23(30)16-25(22)31)27(35)19-39-18-21-9-13-24(14-10-21)34(37)38/h4-14,16,26H,15,17-19H2,1-3H3,(H,32,36)/t26-/m0/s1. The number of carbonyl (C=O) groups is 2. The summed E-state index contributed by atoms with van der Waals surface area (Å²) in [6, 6.07) is 20.1. The number of amides is 2. The Morgan fingerprint density at radius 3 is 2.26 bits per heavy atom. The van der Waals surface area contributed by atoms with E-state index >= 15 is 0 Å². The molecule has 1 N–H and O–H groups in total. The number of hydrogen-bond acceptors (Lipinski definition) is 5. The Bertz CT molecular complexity index is 1300. The maximum Gasteiger partial charge on any atom is 0.269 e. The number of halogens is 2. The quantitative estimate of drug-likeness (QED) is 0.199. The summed E-state index contributed by atoms with van der Waals surface area (Å²) in [7, 11) is 0. The highest BCUT2D eigenvalue weighted by atomic mass is 35.5. The molecule has 7 nitrogen and oxygen atoms in total. The molecule has 2 amide bonds. The highest BCUT2D eigenvalue weighted by Crippen LogP contribution is 2.25. The van der Waals surface area contributed by atoms with Crippen molar-refractivity contribution in [3.05, 3.63) is 110 Å². The molecule has 0 heterocycles. The normalized spacial score (nSPS) is 12.0. The van der Waals surface area contributed by atoms with E-state index in [4.69, 9.17) is 23.2 Å². The average Bonchev–Trinajstić information content (AvgIpc) is 2.87.